The molecule has 1 aromatic heterocycles. The highest BCUT2D eigenvalue weighted by Crippen LogP contribution is 2.27. The molecule has 3 rings (SSSR count). The summed E-state index contributed by atoms with van der Waals surface area (Å²) in [6.07, 6.45) is 3.81. The third kappa shape index (κ3) is 2.90. The number of amides is 1. The van der Waals surface area contributed by atoms with Gasteiger partial charge in [0, 0.05) is 6.54 Å². The fourth-order valence-corrected chi connectivity index (χ4v) is 3.87. The highest BCUT2D eigenvalue weighted by Gasteiger charge is 2.36. The molecule has 5 heteroatoms. The number of thiophene rings is 1. The summed E-state index contributed by atoms with van der Waals surface area (Å²) in [6.45, 7) is 6.40. The van der Waals surface area contributed by atoms with Gasteiger partial charge in [0.05, 0.1) is 6.04 Å². The summed E-state index contributed by atoms with van der Waals surface area (Å²) >= 11 is 1.69. The summed E-state index contributed by atoms with van der Waals surface area (Å²) in [4.78, 5) is 16.8. The van der Waals surface area contributed by atoms with E-state index in [-0.39, 0.29) is 18.1 Å². The third-order valence-corrected chi connectivity index (χ3v) is 5.01. The van der Waals surface area contributed by atoms with Crippen LogP contribution in [0, 0.1) is 0 Å². The van der Waals surface area contributed by atoms with Crippen molar-refractivity contribution in [3.63, 3.8) is 0 Å². The largest absolute Gasteiger partial charge is 0.321 e. The molecule has 2 saturated heterocycles. The van der Waals surface area contributed by atoms with E-state index in [4.69, 9.17) is 0 Å². The number of nitrogens with one attached hydrogen (secondary N) is 1. The van der Waals surface area contributed by atoms with Gasteiger partial charge >= 0.3 is 0 Å². The van der Waals surface area contributed by atoms with Gasteiger partial charge in [0.25, 0.3) is 0 Å². The monoisotopic (exact) mass is 293 g/mol. The zero-order chi connectivity index (χ0) is 13.9. The molecule has 2 fully saturated rings. The third-order valence-electron chi connectivity index (χ3n) is 4.30. The Bertz CT molecular complexity index is 442. The lowest BCUT2D eigenvalue weighted by Crippen LogP contribution is -2.33. The molecule has 0 bridgehead atoms. The fraction of sp³-hybridized carbons (Fsp3) is 0.667. The summed E-state index contributed by atoms with van der Waals surface area (Å²) in [6, 6.07) is 2.05. The van der Waals surface area contributed by atoms with E-state index in [1.54, 1.807) is 11.3 Å². The first-order valence-electron chi connectivity index (χ1n) is 7.56. The lowest BCUT2D eigenvalue weighted by Gasteiger charge is -2.25. The van der Waals surface area contributed by atoms with Crippen molar-refractivity contribution >= 4 is 17.2 Å². The highest BCUT2D eigenvalue weighted by molar-refractivity contribution is 7.07. The van der Waals surface area contributed by atoms with E-state index in [2.05, 4.69) is 27.0 Å². The maximum absolute atomic E-state index is 12.3. The van der Waals surface area contributed by atoms with Gasteiger partial charge in [-0.1, -0.05) is 0 Å². The van der Waals surface area contributed by atoms with Gasteiger partial charge in [-0.3, -0.25) is 10.1 Å². The maximum Gasteiger partial charge on any atom is 0.241 e. The van der Waals surface area contributed by atoms with Crippen molar-refractivity contribution < 1.29 is 4.79 Å². The lowest BCUT2D eigenvalue weighted by atomic mass is 10.2. The van der Waals surface area contributed by atoms with Gasteiger partial charge < -0.3 is 9.80 Å². The maximum atomic E-state index is 12.3. The Kier molecular flexibility index (Phi) is 4.38. The molecule has 0 saturated carbocycles. The van der Waals surface area contributed by atoms with E-state index < -0.39 is 0 Å². The Balaban J connectivity index is 1.58. The number of rotatable bonds is 5. The summed E-state index contributed by atoms with van der Waals surface area (Å²) in [7, 11) is 0. The molecule has 2 atom stereocenters. The Morgan fingerprint density at radius 2 is 2.15 bits per heavy atom. The molecule has 2 aliphatic rings. The van der Waals surface area contributed by atoms with Crippen LogP contribution in [0.3, 0.4) is 0 Å². The van der Waals surface area contributed by atoms with Crippen molar-refractivity contribution in [1.29, 1.82) is 0 Å². The molecule has 0 aliphatic carbocycles. The van der Waals surface area contributed by atoms with Crippen LogP contribution in [-0.4, -0.2) is 47.9 Å². The van der Waals surface area contributed by atoms with Crippen molar-refractivity contribution in [3.05, 3.63) is 22.4 Å². The van der Waals surface area contributed by atoms with Crippen LogP contribution in [0.15, 0.2) is 16.8 Å². The van der Waals surface area contributed by atoms with Crippen LogP contribution in [0.1, 0.15) is 37.9 Å². The summed E-state index contributed by atoms with van der Waals surface area (Å²) in [5.74, 6) is 0.239. The van der Waals surface area contributed by atoms with Crippen LogP contribution in [-0.2, 0) is 4.79 Å². The Labute approximate surface area is 124 Å². The first-order valence-corrected chi connectivity index (χ1v) is 8.51. The van der Waals surface area contributed by atoms with Gasteiger partial charge in [-0.05, 0) is 68.2 Å². The van der Waals surface area contributed by atoms with E-state index in [1.807, 2.05) is 11.8 Å². The zero-order valence-corrected chi connectivity index (χ0v) is 12.9. The number of carbonyl (C=O) groups excluding carboxylic acids is 1. The van der Waals surface area contributed by atoms with E-state index in [1.165, 1.54) is 31.5 Å². The summed E-state index contributed by atoms with van der Waals surface area (Å²) in [5, 5.41) is 7.62. The molecular weight excluding hydrogens is 270 g/mol. The molecule has 110 valence electrons. The number of hydrogen-bond acceptors (Lipinski definition) is 4. The summed E-state index contributed by atoms with van der Waals surface area (Å²) < 4.78 is 0. The molecule has 0 spiro atoms. The van der Waals surface area contributed by atoms with Crippen LogP contribution in [0.2, 0.25) is 0 Å². The van der Waals surface area contributed by atoms with Crippen molar-refractivity contribution in [2.45, 2.75) is 38.4 Å². The molecule has 0 radical (unpaired) electrons. The van der Waals surface area contributed by atoms with Gasteiger partial charge in [-0.25, -0.2) is 0 Å². The second-order valence-corrected chi connectivity index (χ2v) is 6.56. The first kappa shape index (κ1) is 14.0. The van der Waals surface area contributed by atoms with Gasteiger partial charge in [-0.2, -0.15) is 11.3 Å². The quantitative estimate of drug-likeness (QED) is 0.902. The number of hydrogen-bond donors (Lipinski definition) is 1. The molecule has 1 N–H and O–H groups in total. The molecule has 4 nitrogen and oxygen atoms in total. The van der Waals surface area contributed by atoms with Crippen LogP contribution < -0.4 is 5.32 Å². The number of likely N-dealkylation sites (tertiary alicyclic amines) is 1. The average molecular weight is 293 g/mol. The van der Waals surface area contributed by atoms with Crippen LogP contribution >= 0.6 is 11.3 Å². The fourth-order valence-electron chi connectivity index (χ4n) is 3.19. The van der Waals surface area contributed by atoms with Crippen molar-refractivity contribution in [3.8, 4) is 0 Å². The molecule has 3 heterocycles. The van der Waals surface area contributed by atoms with E-state index >= 15 is 0 Å². The van der Waals surface area contributed by atoms with Gasteiger partial charge in [0.1, 0.15) is 6.17 Å². The Hall–Kier alpha value is -0.910. The molecule has 0 aromatic carbocycles. The van der Waals surface area contributed by atoms with Gasteiger partial charge in [0.2, 0.25) is 5.91 Å². The van der Waals surface area contributed by atoms with Crippen LogP contribution in [0.4, 0.5) is 0 Å². The predicted molar refractivity (Wildman–Crippen MR) is 81.7 cm³/mol. The molecular formula is C15H23N3OS. The van der Waals surface area contributed by atoms with Crippen molar-refractivity contribution in [1.82, 2.24) is 15.1 Å². The summed E-state index contributed by atoms with van der Waals surface area (Å²) in [5.41, 5.74) is 1.22. The minimum absolute atomic E-state index is 0.0633. The molecule has 1 amide bonds. The van der Waals surface area contributed by atoms with Crippen molar-refractivity contribution in [2.24, 2.45) is 0 Å². The topological polar surface area (TPSA) is 35.6 Å². The van der Waals surface area contributed by atoms with Crippen molar-refractivity contribution in [2.75, 3.05) is 26.2 Å². The smallest absolute Gasteiger partial charge is 0.241 e. The van der Waals surface area contributed by atoms with Crippen LogP contribution in [0.25, 0.3) is 0 Å². The van der Waals surface area contributed by atoms with Gasteiger partial charge in [0.15, 0.2) is 0 Å². The highest BCUT2D eigenvalue weighted by atomic mass is 32.1. The van der Waals surface area contributed by atoms with E-state index in [0.717, 1.165) is 19.5 Å². The Morgan fingerprint density at radius 3 is 2.85 bits per heavy atom. The first-order chi connectivity index (χ1) is 9.75. The standard InChI is InChI=1S/C15H23N3OS/c1-12-15(19)18(9-4-8-17-6-2-3-7-17)14(16-12)13-5-10-20-11-13/h5,10-12,14,16H,2-4,6-9H2,1H3. The zero-order valence-electron chi connectivity index (χ0n) is 12.0. The second kappa shape index (κ2) is 6.24. The molecule has 20 heavy (non-hydrogen) atoms. The molecule has 1 aromatic rings. The predicted octanol–water partition coefficient (Wildman–Crippen LogP) is 2.05. The van der Waals surface area contributed by atoms with Crippen LogP contribution in [0.5, 0.6) is 0 Å². The molecule has 2 aliphatic heterocycles. The lowest BCUT2D eigenvalue weighted by molar-refractivity contribution is -0.129. The number of carbonyl (C=O) groups is 1. The minimum Gasteiger partial charge on any atom is -0.321 e. The van der Waals surface area contributed by atoms with Gasteiger partial charge in [-0.15, -0.1) is 0 Å². The van der Waals surface area contributed by atoms with E-state index in [9.17, 15) is 4.79 Å². The van der Waals surface area contributed by atoms with E-state index in [0.29, 0.717) is 0 Å². The molecule has 2 unspecified atom stereocenters. The minimum atomic E-state index is -0.0633. The normalized spacial score (nSPS) is 27.6. The SMILES string of the molecule is CC1NC(c2ccsc2)N(CCCN2CCCC2)C1=O. The average Bonchev–Trinajstić information content (AvgIpc) is 3.15. The Morgan fingerprint density at radius 1 is 1.35 bits per heavy atom. The second-order valence-electron chi connectivity index (χ2n) is 5.78. The number of nitrogens with zero attached hydrogens (tertiary/aromatic N) is 2.